The fourth-order valence-corrected chi connectivity index (χ4v) is 7.12. The molecule has 0 fully saturated rings. The average Bonchev–Trinajstić information content (AvgIpc) is 3.12. The van der Waals surface area contributed by atoms with E-state index < -0.39 is 28.5 Å². The molecule has 0 aliphatic heterocycles. The van der Waals surface area contributed by atoms with Crippen molar-refractivity contribution in [3.05, 3.63) is 114 Å². The normalized spacial score (nSPS) is 12.4. The van der Waals surface area contributed by atoms with Gasteiger partial charge in [-0.1, -0.05) is 61.5 Å². The van der Waals surface area contributed by atoms with Gasteiger partial charge in [0.1, 0.15) is 24.1 Å². The fourth-order valence-electron chi connectivity index (χ4n) is 5.29. The van der Waals surface area contributed by atoms with Crippen LogP contribution in [0.1, 0.15) is 38.3 Å². The average molecular weight is 704 g/mol. The zero-order valence-corrected chi connectivity index (χ0v) is 30.3. The summed E-state index contributed by atoms with van der Waals surface area (Å²) in [5.41, 5.74) is 1.80. The number of thioether (sulfide) groups is 1. The van der Waals surface area contributed by atoms with Crippen LogP contribution < -0.4 is 19.1 Å². The number of carbonyl (C=O) groups is 2. The maximum Gasteiger partial charge on any atom is 0.264 e. The minimum absolute atomic E-state index is 0.0269. The molecule has 0 saturated carbocycles. The number of nitrogens with one attached hydrogen (secondary N) is 1. The Morgan fingerprint density at radius 1 is 0.878 bits per heavy atom. The van der Waals surface area contributed by atoms with Crippen LogP contribution in [0.2, 0.25) is 0 Å². The van der Waals surface area contributed by atoms with Crippen molar-refractivity contribution in [2.45, 2.75) is 62.0 Å². The van der Waals surface area contributed by atoms with Crippen molar-refractivity contribution in [2.75, 3.05) is 30.8 Å². The highest BCUT2D eigenvalue weighted by Crippen LogP contribution is 2.33. The molecule has 2 unspecified atom stereocenters. The molecule has 11 heteroatoms. The summed E-state index contributed by atoms with van der Waals surface area (Å²) in [6.45, 7) is 5.43. The van der Waals surface area contributed by atoms with E-state index in [0.717, 1.165) is 20.3 Å². The van der Waals surface area contributed by atoms with Crippen molar-refractivity contribution in [1.82, 2.24) is 10.2 Å². The van der Waals surface area contributed by atoms with Gasteiger partial charge in [0, 0.05) is 23.9 Å². The van der Waals surface area contributed by atoms with Crippen molar-refractivity contribution in [3.63, 3.8) is 0 Å². The number of carbonyl (C=O) groups excluding carboxylic acids is 2. The number of para-hydroxylation sites is 2. The van der Waals surface area contributed by atoms with Crippen molar-refractivity contribution in [2.24, 2.45) is 0 Å². The maximum atomic E-state index is 14.8. The third kappa shape index (κ3) is 9.79. The van der Waals surface area contributed by atoms with E-state index >= 15 is 0 Å². The first-order valence-corrected chi connectivity index (χ1v) is 18.9. The van der Waals surface area contributed by atoms with E-state index in [1.807, 2.05) is 69.5 Å². The third-order valence-electron chi connectivity index (χ3n) is 8.12. The molecule has 0 aromatic heterocycles. The first-order valence-electron chi connectivity index (χ1n) is 16.3. The van der Waals surface area contributed by atoms with Crippen LogP contribution in [-0.4, -0.2) is 63.7 Å². The minimum atomic E-state index is -4.28. The molecule has 0 radical (unpaired) electrons. The summed E-state index contributed by atoms with van der Waals surface area (Å²) in [6.07, 6.45) is 2.83. The molecule has 0 heterocycles. The van der Waals surface area contributed by atoms with Crippen molar-refractivity contribution in [1.29, 1.82) is 0 Å². The standard InChI is InChI=1S/C38H45N3O6S2/c1-6-28(3)39-38(43)35(25-29-14-9-8-10-15-29)40(26-30-16-13-17-31(24-30)46-4)37(42)27-41(34-18-11-12-19-36(34)47-7-2)49(44,45)33-22-20-32(48-5)21-23-33/h8-24,28,35H,6-7,25-27H2,1-5H3,(H,39,43). The molecule has 49 heavy (non-hydrogen) atoms. The summed E-state index contributed by atoms with van der Waals surface area (Å²) in [6, 6.07) is 28.9. The molecule has 4 aromatic carbocycles. The van der Waals surface area contributed by atoms with E-state index in [9.17, 15) is 18.0 Å². The van der Waals surface area contributed by atoms with Gasteiger partial charge in [-0.05, 0) is 86.2 Å². The second-order valence-electron chi connectivity index (χ2n) is 11.5. The molecule has 1 N–H and O–H groups in total. The van der Waals surface area contributed by atoms with Gasteiger partial charge in [-0.25, -0.2) is 8.42 Å². The van der Waals surface area contributed by atoms with Crippen LogP contribution in [-0.2, 0) is 32.6 Å². The third-order valence-corrected chi connectivity index (χ3v) is 10.6. The predicted octanol–water partition coefficient (Wildman–Crippen LogP) is 6.57. The highest BCUT2D eigenvalue weighted by atomic mass is 32.2. The summed E-state index contributed by atoms with van der Waals surface area (Å²) in [4.78, 5) is 31.3. The second-order valence-corrected chi connectivity index (χ2v) is 14.2. The number of methoxy groups -OCH3 is 1. The second kappa shape index (κ2) is 17.8. The predicted molar refractivity (Wildman–Crippen MR) is 196 cm³/mol. The van der Waals surface area contributed by atoms with Crippen LogP contribution in [0.3, 0.4) is 0 Å². The van der Waals surface area contributed by atoms with Crippen LogP contribution >= 0.6 is 11.8 Å². The molecule has 0 aliphatic rings. The lowest BCUT2D eigenvalue weighted by atomic mass is 10.0. The molecule has 0 spiro atoms. The molecule has 4 rings (SSSR count). The summed E-state index contributed by atoms with van der Waals surface area (Å²) >= 11 is 1.50. The zero-order chi connectivity index (χ0) is 35.4. The summed E-state index contributed by atoms with van der Waals surface area (Å²) < 4.78 is 41.3. The molecule has 2 atom stereocenters. The fraction of sp³-hybridized carbons (Fsp3) is 0.316. The van der Waals surface area contributed by atoms with Gasteiger partial charge in [0.15, 0.2) is 0 Å². The van der Waals surface area contributed by atoms with Crippen molar-refractivity contribution in [3.8, 4) is 11.5 Å². The minimum Gasteiger partial charge on any atom is -0.497 e. The quantitative estimate of drug-likeness (QED) is 0.124. The Morgan fingerprint density at radius 3 is 2.20 bits per heavy atom. The number of nitrogens with zero attached hydrogens (tertiary/aromatic N) is 2. The Kier molecular flexibility index (Phi) is 13.6. The number of anilines is 1. The molecular weight excluding hydrogens is 659 g/mol. The largest absolute Gasteiger partial charge is 0.497 e. The van der Waals surface area contributed by atoms with E-state index in [2.05, 4.69) is 5.32 Å². The zero-order valence-electron chi connectivity index (χ0n) is 28.7. The molecule has 260 valence electrons. The number of rotatable bonds is 17. The maximum absolute atomic E-state index is 14.8. The Labute approximate surface area is 294 Å². The SMILES string of the molecule is CCOc1ccccc1N(CC(=O)N(Cc1cccc(OC)c1)C(Cc1ccccc1)C(=O)NC(C)CC)S(=O)(=O)c1ccc(SC)cc1. The highest BCUT2D eigenvalue weighted by molar-refractivity contribution is 7.98. The summed E-state index contributed by atoms with van der Waals surface area (Å²) in [5.74, 6) is 0.0267. The van der Waals surface area contributed by atoms with E-state index in [1.54, 1.807) is 55.6 Å². The van der Waals surface area contributed by atoms with Gasteiger partial charge in [-0.2, -0.15) is 0 Å². The van der Waals surface area contributed by atoms with Gasteiger partial charge in [-0.15, -0.1) is 11.8 Å². The molecule has 9 nitrogen and oxygen atoms in total. The number of benzene rings is 4. The van der Waals surface area contributed by atoms with Crippen LogP contribution in [0.4, 0.5) is 5.69 Å². The number of amides is 2. The molecular formula is C38H45N3O6S2. The van der Waals surface area contributed by atoms with Gasteiger partial charge in [0.2, 0.25) is 11.8 Å². The monoisotopic (exact) mass is 703 g/mol. The van der Waals surface area contributed by atoms with Crippen LogP contribution in [0.5, 0.6) is 11.5 Å². The molecule has 0 saturated heterocycles. The van der Waals surface area contributed by atoms with Crippen LogP contribution in [0.15, 0.2) is 113 Å². The first-order chi connectivity index (χ1) is 23.6. The lowest BCUT2D eigenvalue weighted by Crippen LogP contribution is -2.54. The van der Waals surface area contributed by atoms with Gasteiger partial charge in [-0.3, -0.25) is 13.9 Å². The van der Waals surface area contributed by atoms with Crippen molar-refractivity contribution >= 4 is 39.3 Å². The topological polar surface area (TPSA) is 105 Å². The summed E-state index contributed by atoms with van der Waals surface area (Å²) in [5, 5.41) is 3.06. The number of sulfonamides is 1. The lowest BCUT2D eigenvalue weighted by molar-refractivity contribution is -0.140. The Morgan fingerprint density at radius 2 is 1.55 bits per heavy atom. The molecule has 2 amide bonds. The van der Waals surface area contributed by atoms with Gasteiger partial charge in [0.05, 0.1) is 24.3 Å². The van der Waals surface area contributed by atoms with E-state index in [4.69, 9.17) is 9.47 Å². The van der Waals surface area contributed by atoms with E-state index in [1.165, 1.54) is 28.8 Å². The van der Waals surface area contributed by atoms with Gasteiger partial charge < -0.3 is 19.7 Å². The van der Waals surface area contributed by atoms with E-state index in [0.29, 0.717) is 17.9 Å². The Balaban J connectivity index is 1.85. The lowest BCUT2D eigenvalue weighted by Gasteiger charge is -2.34. The van der Waals surface area contributed by atoms with E-state index in [-0.39, 0.29) is 42.1 Å². The molecule has 4 aromatic rings. The first kappa shape index (κ1) is 37.3. The smallest absolute Gasteiger partial charge is 0.264 e. The molecule has 0 bridgehead atoms. The summed E-state index contributed by atoms with van der Waals surface area (Å²) in [7, 11) is -2.72. The molecule has 0 aliphatic carbocycles. The Bertz CT molecular complexity index is 1780. The van der Waals surface area contributed by atoms with Crippen LogP contribution in [0.25, 0.3) is 0 Å². The number of hydrogen-bond acceptors (Lipinski definition) is 7. The van der Waals surface area contributed by atoms with Gasteiger partial charge >= 0.3 is 0 Å². The van der Waals surface area contributed by atoms with Gasteiger partial charge in [0.25, 0.3) is 10.0 Å². The van der Waals surface area contributed by atoms with Crippen LogP contribution in [0, 0.1) is 0 Å². The Hall–Kier alpha value is -4.48. The number of ether oxygens (including phenoxy) is 2. The highest BCUT2D eigenvalue weighted by Gasteiger charge is 2.36. The van der Waals surface area contributed by atoms with Crippen molar-refractivity contribution < 1.29 is 27.5 Å². The number of hydrogen-bond donors (Lipinski definition) is 1.